The number of amidine groups is 1. The summed E-state index contributed by atoms with van der Waals surface area (Å²) in [7, 11) is 4.47. The van der Waals surface area contributed by atoms with Crippen LogP contribution in [0.25, 0.3) is 33.2 Å². The van der Waals surface area contributed by atoms with Crippen LogP contribution in [0.3, 0.4) is 0 Å². The van der Waals surface area contributed by atoms with E-state index < -0.39 is 17.7 Å². The molecule has 61 heavy (non-hydrogen) atoms. The molecule has 1 spiro atoms. The number of amides is 3. The summed E-state index contributed by atoms with van der Waals surface area (Å²) in [5.74, 6) is 1.53. The van der Waals surface area contributed by atoms with E-state index >= 15 is 0 Å². The molecule has 0 unspecified atom stereocenters. The minimum absolute atomic E-state index is 0.0308. The number of ether oxygens (including phenoxy) is 3. The van der Waals surface area contributed by atoms with Crippen molar-refractivity contribution in [1.29, 1.82) is 0 Å². The first-order chi connectivity index (χ1) is 29.3. The standard InChI is InChI=1S/C47H58N8O6/c1-27(2)40(51-45(57)59-7)44(56)55-20-10-12-39(55)43-49-36-23-33(17-18-35(36)47(52-43)25-61-26-47)31-13-14-32-22-34(16-15-30(32)21-31)37-24-48-42(50-37)38-11-9-19-54(38)29(5)41(28(3)4)53(6)46(58)60-8/h13-18,21-24,27-28,38-41H,5,9-12,19-20,25-26H2,1-4,6-8H3,(H,48,50)(H,49,52)(H,51,57)/t38-,39-,40-,41-/m0/s1. The van der Waals surface area contributed by atoms with Crippen molar-refractivity contribution in [3.8, 4) is 22.4 Å². The number of likely N-dealkylation sites (tertiary alicyclic amines) is 2. The molecule has 3 aromatic carbocycles. The van der Waals surface area contributed by atoms with Crippen LogP contribution in [0, 0.1) is 11.8 Å². The van der Waals surface area contributed by atoms with Crippen molar-refractivity contribution in [3.63, 3.8) is 0 Å². The molecule has 322 valence electrons. The Kier molecular flexibility index (Phi) is 11.6. The maximum absolute atomic E-state index is 13.9. The molecule has 8 rings (SSSR count). The lowest BCUT2D eigenvalue weighted by Crippen LogP contribution is -2.64. The van der Waals surface area contributed by atoms with E-state index in [9.17, 15) is 14.4 Å². The summed E-state index contributed by atoms with van der Waals surface area (Å²) in [6.45, 7) is 14.9. The third-order valence-corrected chi connectivity index (χ3v) is 12.9. The number of imidazole rings is 1. The van der Waals surface area contributed by atoms with Crippen molar-refractivity contribution < 1.29 is 28.6 Å². The van der Waals surface area contributed by atoms with Crippen LogP contribution < -0.4 is 10.6 Å². The molecule has 4 aliphatic heterocycles. The smallest absolute Gasteiger partial charge is 0.409 e. The maximum atomic E-state index is 13.9. The fourth-order valence-corrected chi connectivity index (χ4v) is 9.69. The van der Waals surface area contributed by atoms with Crippen LogP contribution >= 0.6 is 0 Å². The normalized spacial score (nSPS) is 20.2. The van der Waals surface area contributed by atoms with E-state index in [2.05, 4.69) is 95.5 Å². The molecule has 0 saturated carbocycles. The predicted molar refractivity (Wildman–Crippen MR) is 235 cm³/mol. The molecule has 14 nitrogen and oxygen atoms in total. The van der Waals surface area contributed by atoms with Crippen LogP contribution in [-0.2, 0) is 24.5 Å². The van der Waals surface area contributed by atoms with Gasteiger partial charge in [-0.3, -0.25) is 4.79 Å². The molecule has 3 N–H and O–H groups in total. The highest BCUT2D eigenvalue weighted by Crippen LogP contribution is 2.43. The van der Waals surface area contributed by atoms with E-state index in [1.165, 1.54) is 14.2 Å². The number of rotatable bonds is 11. The molecule has 0 bridgehead atoms. The second-order valence-corrected chi connectivity index (χ2v) is 17.5. The maximum Gasteiger partial charge on any atom is 0.409 e. The van der Waals surface area contributed by atoms with Gasteiger partial charge >= 0.3 is 12.2 Å². The van der Waals surface area contributed by atoms with Gasteiger partial charge < -0.3 is 44.5 Å². The molecule has 14 heteroatoms. The Balaban J connectivity index is 1.02. The molecule has 3 fully saturated rings. The van der Waals surface area contributed by atoms with Gasteiger partial charge in [0.25, 0.3) is 0 Å². The van der Waals surface area contributed by atoms with Gasteiger partial charge in [-0.25, -0.2) is 19.6 Å². The summed E-state index contributed by atoms with van der Waals surface area (Å²) < 4.78 is 15.6. The third kappa shape index (κ3) is 7.82. The van der Waals surface area contributed by atoms with Crippen molar-refractivity contribution in [1.82, 2.24) is 35.3 Å². The number of methoxy groups -OCH3 is 2. The summed E-state index contributed by atoms with van der Waals surface area (Å²) in [6.07, 6.45) is 4.45. The van der Waals surface area contributed by atoms with Crippen LogP contribution in [0.15, 0.2) is 78.1 Å². The number of likely N-dealkylation sites (N-methyl/N-ethyl adjacent to an activating group) is 1. The minimum atomic E-state index is -0.709. The Labute approximate surface area is 357 Å². The van der Waals surface area contributed by atoms with Gasteiger partial charge in [0.05, 0.1) is 63.1 Å². The van der Waals surface area contributed by atoms with Gasteiger partial charge in [0.15, 0.2) is 0 Å². The lowest BCUT2D eigenvalue weighted by Gasteiger charge is -2.47. The van der Waals surface area contributed by atoms with Gasteiger partial charge in [0, 0.05) is 37.0 Å². The van der Waals surface area contributed by atoms with Crippen molar-refractivity contribution in [2.75, 3.05) is 47.6 Å². The van der Waals surface area contributed by atoms with Gasteiger partial charge in [-0.05, 0) is 77.6 Å². The fourth-order valence-electron chi connectivity index (χ4n) is 9.69. The summed E-state index contributed by atoms with van der Waals surface area (Å²) in [5, 5.41) is 8.67. The number of H-pyrrole nitrogens is 1. The molecule has 1 aromatic heterocycles. The molecule has 0 radical (unpaired) electrons. The van der Waals surface area contributed by atoms with Gasteiger partial charge in [-0.1, -0.05) is 70.7 Å². The second-order valence-electron chi connectivity index (χ2n) is 17.5. The Bertz CT molecular complexity index is 2370. The molecule has 3 amide bonds. The Morgan fingerprint density at radius 1 is 0.885 bits per heavy atom. The van der Waals surface area contributed by atoms with Gasteiger partial charge in [0.1, 0.15) is 23.2 Å². The van der Waals surface area contributed by atoms with Gasteiger partial charge in [-0.2, -0.15) is 0 Å². The number of hydrogen-bond donors (Lipinski definition) is 3. The van der Waals surface area contributed by atoms with E-state index in [-0.39, 0.29) is 42.0 Å². The Hall–Kier alpha value is -5.89. The number of nitrogens with zero attached hydrogens (tertiary/aromatic N) is 5. The lowest BCUT2D eigenvalue weighted by molar-refractivity contribution is -0.134. The minimum Gasteiger partial charge on any atom is -0.453 e. The summed E-state index contributed by atoms with van der Waals surface area (Å²) in [6, 6.07) is 18.3. The van der Waals surface area contributed by atoms with Crippen LogP contribution in [0.5, 0.6) is 0 Å². The van der Waals surface area contributed by atoms with Crippen LogP contribution in [0.2, 0.25) is 0 Å². The number of nitrogens with one attached hydrogen (secondary N) is 3. The number of fused-ring (bicyclic) bond motifs is 3. The number of carbonyl (C=O) groups excluding carboxylic acids is 3. The summed E-state index contributed by atoms with van der Waals surface area (Å²) in [4.78, 5) is 58.0. The van der Waals surface area contributed by atoms with Crippen molar-refractivity contribution in [3.05, 3.63) is 84.5 Å². The van der Waals surface area contributed by atoms with Gasteiger partial charge in [0.2, 0.25) is 5.91 Å². The van der Waals surface area contributed by atoms with E-state index in [1.54, 1.807) is 11.9 Å². The number of alkyl carbamates (subject to hydrolysis) is 1. The average Bonchev–Trinajstić information content (AvgIpc) is 4.05. The molecule has 3 saturated heterocycles. The largest absolute Gasteiger partial charge is 0.453 e. The summed E-state index contributed by atoms with van der Waals surface area (Å²) >= 11 is 0. The second kappa shape index (κ2) is 16.9. The molecular formula is C47H58N8O6. The first-order valence-electron chi connectivity index (χ1n) is 21.4. The van der Waals surface area contributed by atoms with Crippen molar-refractivity contribution >= 4 is 40.4 Å². The number of aromatic nitrogens is 2. The fraction of sp³-hybridized carbons (Fsp3) is 0.468. The number of hydrogen-bond acceptors (Lipinski definition) is 10. The summed E-state index contributed by atoms with van der Waals surface area (Å²) in [5.41, 5.74) is 6.53. The Morgan fingerprint density at radius 3 is 2.20 bits per heavy atom. The molecular weight excluding hydrogens is 773 g/mol. The zero-order chi connectivity index (χ0) is 43.2. The Morgan fingerprint density at radius 2 is 1.54 bits per heavy atom. The number of aliphatic imine (C=N–C) groups is 1. The SMILES string of the molecule is C=C([C@H](C(C)C)N(C)C(=O)OC)N1CCC[C@H]1c1ncc(-c2ccc3cc(-c4ccc5c(c4)N=C([C@@H]4CCCN4C(=O)[C@@H](NC(=O)OC)C(C)C)NC54COC4)ccc3c2)[nH]1. The monoisotopic (exact) mass is 830 g/mol. The van der Waals surface area contributed by atoms with Crippen LogP contribution in [0.1, 0.15) is 70.8 Å². The molecule has 4 aromatic rings. The van der Waals surface area contributed by atoms with Gasteiger partial charge in [-0.15, -0.1) is 0 Å². The van der Waals surface area contributed by atoms with Crippen molar-refractivity contribution in [2.45, 2.75) is 83.1 Å². The molecule has 5 heterocycles. The quantitative estimate of drug-likeness (QED) is 0.140. The van der Waals surface area contributed by atoms with Crippen LogP contribution in [0.4, 0.5) is 15.3 Å². The van der Waals surface area contributed by atoms with E-state index in [4.69, 9.17) is 24.2 Å². The molecule has 0 aliphatic carbocycles. The zero-order valence-corrected chi connectivity index (χ0v) is 36.3. The number of benzene rings is 3. The molecule has 4 atom stereocenters. The first-order valence-corrected chi connectivity index (χ1v) is 21.4. The highest BCUT2D eigenvalue weighted by atomic mass is 16.5. The van der Waals surface area contributed by atoms with Crippen molar-refractivity contribution in [2.24, 2.45) is 16.8 Å². The topological polar surface area (TPSA) is 154 Å². The highest BCUT2D eigenvalue weighted by molar-refractivity contribution is 5.98. The van der Waals surface area contributed by atoms with E-state index in [0.29, 0.717) is 19.8 Å². The van der Waals surface area contributed by atoms with E-state index in [1.807, 2.05) is 24.9 Å². The first kappa shape index (κ1) is 41.8. The predicted octanol–water partition coefficient (Wildman–Crippen LogP) is 7.50. The molecule has 4 aliphatic rings. The van der Waals surface area contributed by atoms with Crippen LogP contribution in [-0.4, -0.2) is 114 Å². The number of aromatic amines is 1. The average molecular weight is 831 g/mol. The third-order valence-electron chi connectivity index (χ3n) is 12.9. The zero-order valence-electron chi connectivity index (χ0n) is 36.3. The number of carbonyl (C=O) groups is 3. The highest BCUT2D eigenvalue weighted by Gasteiger charge is 2.48. The van der Waals surface area contributed by atoms with E-state index in [0.717, 1.165) is 94.0 Å². The lowest BCUT2D eigenvalue weighted by atomic mass is 9.83.